The molecule has 30 heavy (non-hydrogen) atoms. The third-order valence-electron chi connectivity index (χ3n) is 5.80. The van der Waals surface area contributed by atoms with Crippen LogP contribution in [0.5, 0.6) is 5.75 Å². The molecule has 3 rings (SSSR count). The Morgan fingerprint density at radius 2 is 1.00 bits per heavy atom. The van der Waals surface area contributed by atoms with Crippen molar-refractivity contribution in [1.82, 2.24) is 0 Å². The molecule has 0 bridgehead atoms. The summed E-state index contributed by atoms with van der Waals surface area (Å²) in [5.41, 5.74) is 2.90. The van der Waals surface area contributed by atoms with Crippen LogP contribution in [0.25, 0.3) is 0 Å². The molecule has 1 nitrogen and oxygen atoms in total. The Morgan fingerprint density at radius 1 is 0.533 bits per heavy atom. The summed E-state index contributed by atoms with van der Waals surface area (Å²) in [5, 5.41) is 0. The maximum absolute atomic E-state index is 5.90. The lowest BCUT2D eigenvalue weighted by atomic mass is 9.87. The van der Waals surface area contributed by atoms with Crippen molar-refractivity contribution in [2.24, 2.45) is 0 Å². The van der Waals surface area contributed by atoms with E-state index in [4.69, 9.17) is 4.43 Å². The third-order valence-corrected chi connectivity index (χ3v) is 7.13. The standard InChI is InChI=1S/C28H36OSi/c1(3-5-16-24-30-29-27-21-13-8-14-22-27)2-4-15-23-28(25-17-9-6-10-18-25)26-19-11-7-12-20-26/h6-14,17-22,28H,1-5,15-16,23-24,30H2. The van der Waals surface area contributed by atoms with Crippen molar-refractivity contribution >= 4 is 9.76 Å². The fourth-order valence-electron chi connectivity index (χ4n) is 4.11. The van der Waals surface area contributed by atoms with E-state index in [9.17, 15) is 0 Å². The molecule has 0 atom stereocenters. The molecule has 0 aliphatic rings. The SMILES string of the molecule is c1ccc(O[SiH2]CCCCCCCCCC(c2ccccc2)c2ccccc2)cc1. The van der Waals surface area contributed by atoms with Crippen LogP contribution in [-0.2, 0) is 0 Å². The van der Waals surface area contributed by atoms with Gasteiger partial charge in [-0.1, -0.05) is 124 Å². The average Bonchev–Trinajstić information content (AvgIpc) is 2.82. The predicted molar refractivity (Wildman–Crippen MR) is 132 cm³/mol. The lowest BCUT2D eigenvalue weighted by molar-refractivity contribution is 0.552. The van der Waals surface area contributed by atoms with Gasteiger partial charge in [-0.15, -0.1) is 0 Å². The number of rotatable bonds is 14. The predicted octanol–water partition coefficient (Wildman–Crippen LogP) is 7.52. The van der Waals surface area contributed by atoms with E-state index in [1.165, 1.54) is 68.5 Å². The molecular weight excluding hydrogens is 380 g/mol. The normalized spacial score (nSPS) is 11.4. The zero-order chi connectivity index (χ0) is 20.7. The second kappa shape index (κ2) is 13.8. The molecule has 158 valence electrons. The highest BCUT2D eigenvalue weighted by atomic mass is 28.2. The van der Waals surface area contributed by atoms with E-state index in [0.29, 0.717) is 5.92 Å². The van der Waals surface area contributed by atoms with Gasteiger partial charge in [-0.3, -0.25) is 0 Å². The van der Waals surface area contributed by atoms with Gasteiger partial charge in [0, 0.05) is 5.92 Å². The van der Waals surface area contributed by atoms with E-state index in [2.05, 4.69) is 72.8 Å². The van der Waals surface area contributed by atoms with Crippen molar-refractivity contribution in [3.05, 3.63) is 102 Å². The van der Waals surface area contributed by atoms with Crippen LogP contribution in [0.2, 0.25) is 6.04 Å². The van der Waals surface area contributed by atoms with Crippen molar-refractivity contribution in [3.8, 4) is 5.75 Å². The Labute approximate surface area is 185 Å². The molecule has 0 amide bonds. The van der Waals surface area contributed by atoms with Crippen molar-refractivity contribution in [2.45, 2.75) is 63.3 Å². The van der Waals surface area contributed by atoms with Gasteiger partial charge in [0.15, 0.2) is 0 Å². The molecule has 0 aliphatic heterocycles. The fraction of sp³-hybridized carbons (Fsp3) is 0.357. The smallest absolute Gasteiger partial charge is 0.219 e. The van der Waals surface area contributed by atoms with E-state index in [0.717, 1.165) is 5.75 Å². The highest BCUT2D eigenvalue weighted by molar-refractivity contribution is 6.28. The Morgan fingerprint density at radius 3 is 1.57 bits per heavy atom. The molecule has 0 radical (unpaired) electrons. The number of hydrogen-bond acceptors (Lipinski definition) is 1. The lowest BCUT2D eigenvalue weighted by Gasteiger charge is -2.18. The van der Waals surface area contributed by atoms with Crippen LogP contribution < -0.4 is 4.43 Å². The van der Waals surface area contributed by atoms with Gasteiger partial charge >= 0.3 is 0 Å². The summed E-state index contributed by atoms with van der Waals surface area (Å²) in [4.78, 5) is 0. The summed E-state index contributed by atoms with van der Waals surface area (Å²) in [7, 11) is -0.395. The molecule has 0 aliphatic carbocycles. The van der Waals surface area contributed by atoms with Crippen LogP contribution >= 0.6 is 0 Å². The maximum Gasteiger partial charge on any atom is 0.219 e. The molecule has 0 saturated carbocycles. The molecule has 3 aromatic carbocycles. The molecule has 0 N–H and O–H groups in total. The van der Waals surface area contributed by atoms with Gasteiger partial charge in [-0.05, 0) is 35.7 Å². The van der Waals surface area contributed by atoms with Crippen molar-refractivity contribution in [1.29, 1.82) is 0 Å². The molecule has 0 aromatic heterocycles. The minimum atomic E-state index is -0.395. The van der Waals surface area contributed by atoms with Gasteiger partial charge in [-0.2, -0.15) is 0 Å². The summed E-state index contributed by atoms with van der Waals surface area (Å²) in [6, 6.07) is 33.6. The minimum absolute atomic E-state index is 0.395. The van der Waals surface area contributed by atoms with E-state index in [1.807, 2.05) is 18.2 Å². The molecule has 0 saturated heterocycles. The van der Waals surface area contributed by atoms with Crippen LogP contribution in [0.1, 0.15) is 68.4 Å². The van der Waals surface area contributed by atoms with Gasteiger partial charge in [0.05, 0.1) is 0 Å². The van der Waals surface area contributed by atoms with E-state index in [1.54, 1.807) is 0 Å². The Balaban J connectivity index is 1.25. The van der Waals surface area contributed by atoms with Crippen LogP contribution in [0.3, 0.4) is 0 Å². The Bertz CT molecular complexity index is 749. The summed E-state index contributed by atoms with van der Waals surface area (Å²) < 4.78 is 5.90. The number of hydrogen-bond donors (Lipinski definition) is 0. The minimum Gasteiger partial charge on any atom is -0.549 e. The van der Waals surface area contributed by atoms with Crippen molar-refractivity contribution < 1.29 is 4.43 Å². The zero-order valence-corrected chi connectivity index (χ0v) is 19.6. The molecular formula is C28H36OSi. The third kappa shape index (κ3) is 8.20. The van der Waals surface area contributed by atoms with E-state index in [-0.39, 0.29) is 0 Å². The second-order valence-electron chi connectivity index (χ2n) is 8.15. The zero-order valence-electron chi connectivity index (χ0n) is 18.2. The first-order chi connectivity index (χ1) is 14.9. The van der Waals surface area contributed by atoms with Gasteiger partial charge in [0.1, 0.15) is 5.75 Å². The summed E-state index contributed by atoms with van der Waals surface area (Å²) >= 11 is 0. The van der Waals surface area contributed by atoms with Gasteiger partial charge in [0.2, 0.25) is 9.76 Å². The first kappa shape index (κ1) is 22.4. The largest absolute Gasteiger partial charge is 0.549 e. The highest BCUT2D eigenvalue weighted by Crippen LogP contribution is 2.30. The maximum atomic E-state index is 5.90. The van der Waals surface area contributed by atoms with Crippen LogP contribution in [0, 0.1) is 0 Å². The number of para-hydroxylation sites is 1. The molecule has 3 aromatic rings. The Hall–Kier alpha value is -2.32. The monoisotopic (exact) mass is 416 g/mol. The van der Waals surface area contributed by atoms with Crippen LogP contribution in [-0.4, -0.2) is 9.76 Å². The van der Waals surface area contributed by atoms with Crippen molar-refractivity contribution in [3.63, 3.8) is 0 Å². The van der Waals surface area contributed by atoms with Crippen LogP contribution in [0.15, 0.2) is 91.0 Å². The van der Waals surface area contributed by atoms with E-state index >= 15 is 0 Å². The highest BCUT2D eigenvalue weighted by Gasteiger charge is 2.13. The lowest BCUT2D eigenvalue weighted by Crippen LogP contribution is -2.01. The molecule has 0 unspecified atom stereocenters. The Kier molecular flexibility index (Phi) is 10.3. The van der Waals surface area contributed by atoms with Gasteiger partial charge < -0.3 is 4.43 Å². The molecule has 2 heteroatoms. The average molecular weight is 417 g/mol. The second-order valence-corrected chi connectivity index (χ2v) is 9.56. The summed E-state index contributed by atoms with van der Waals surface area (Å²) in [6.07, 6.45) is 10.7. The van der Waals surface area contributed by atoms with Gasteiger partial charge in [-0.25, -0.2) is 0 Å². The van der Waals surface area contributed by atoms with E-state index < -0.39 is 9.76 Å². The van der Waals surface area contributed by atoms with Crippen LogP contribution in [0.4, 0.5) is 0 Å². The quantitative estimate of drug-likeness (QED) is 0.195. The fourth-order valence-corrected chi connectivity index (χ4v) is 5.24. The number of benzene rings is 3. The summed E-state index contributed by atoms with van der Waals surface area (Å²) in [5.74, 6) is 1.58. The first-order valence-corrected chi connectivity index (χ1v) is 13.3. The summed E-state index contributed by atoms with van der Waals surface area (Å²) in [6.45, 7) is 0. The molecule has 0 fully saturated rings. The number of unbranched alkanes of at least 4 members (excludes halogenated alkanes) is 6. The van der Waals surface area contributed by atoms with Gasteiger partial charge in [0.25, 0.3) is 0 Å². The molecule has 0 spiro atoms. The molecule has 0 heterocycles. The first-order valence-electron chi connectivity index (χ1n) is 11.7. The topological polar surface area (TPSA) is 9.23 Å². The van der Waals surface area contributed by atoms with Crippen molar-refractivity contribution in [2.75, 3.05) is 0 Å².